The lowest BCUT2D eigenvalue weighted by Crippen LogP contribution is -2.27. The minimum atomic E-state index is -0.427. The molecule has 0 aliphatic carbocycles. The smallest absolute Gasteiger partial charge is 0.348 e. The molecule has 0 bridgehead atoms. The van der Waals surface area contributed by atoms with Crippen LogP contribution in [0.5, 0.6) is 0 Å². The Morgan fingerprint density at radius 1 is 1.18 bits per heavy atom. The van der Waals surface area contributed by atoms with E-state index < -0.39 is 5.97 Å². The molecule has 0 saturated carbocycles. The lowest BCUT2D eigenvalue weighted by atomic mass is 10.0. The van der Waals surface area contributed by atoms with E-state index >= 15 is 0 Å². The molecule has 1 atom stereocenters. The van der Waals surface area contributed by atoms with E-state index in [0.717, 1.165) is 27.8 Å². The van der Waals surface area contributed by atoms with Gasteiger partial charge in [0, 0.05) is 4.47 Å². The number of rotatable bonds is 5. The van der Waals surface area contributed by atoms with Crippen LogP contribution in [-0.2, 0) is 4.74 Å². The van der Waals surface area contributed by atoms with Gasteiger partial charge in [-0.2, -0.15) is 0 Å². The van der Waals surface area contributed by atoms with Crippen LogP contribution in [-0.4, -0.2) is 19.0 Å². The summed E-state index contributed by atoms with van der Waals surface area (Å²) >= 11 is 4.53. The predicted octanol–water partition coefficient (Wildman–Crippen LogP) is 4.18. The number of nitrogens with one attached hydrogen (secondary N) is 1. The van der Waals surface area contributed by atoms with E-state index in [1.807, 2.05) is 31.2 Å². The maximum absolute atomic E-state index is 12.3. The van der Waals surface area contributed by atoms with Crippen molar-refractivity contribution in [1.82, 2.24) is 5.32 Å². The lowest BCUT2D eigenvalue weighted by molar-refractivity contribution is 0.0606. The van der Waals surface area contributed by atoms with Gasteiger partial charge in [0.05, 0.1) is 18.0 Å². The maximum atomic E-state index is 12.3. The highest BCUT2D eigenvalue weighted by Crippen LogP contribution is 2.22. The second-order valence-corrected chi connectivity index (χ2v) is 6.64. The first-order valence-corrected chi connectivity index (χ1v) is 8.40. The van der Waals surface area contributed by atoms with Crippen molar-refractivity contribution in [3.63, 3.8) is 0 Å². The van der Waals surface area contributed by atoms with Crippen LogP contribution in [0, 0.1) is 0 Å². The third-order valence-electron chi connectivity index (χ3n) is 3.20. The number of benzene rings is 1. The molecule has 0 saturated heterocycles. The Labute approximate surface area is 141 Å². The predicted molar refractivity (Wildman–Crippen MR) is 90.3 cm³/mol. The molecule has 1 N–H and O–H groups in total. The topological polar surface area (TPSA) is 55.4 Å². The van der Waals surface area contributed by atoms with Gasteiger partial charge in [-0.15, -0.1) is 11.3 Å². The fourth-order valence-electron chi connectivity index (χ4n) is 2.02. The summed E-state index contributed by atoms with van der Waals surface area (Å²) in [5.74, 6) is -0.612. The number of carbonyl (C=O) groups excluding carboxylic acids is 2. The second kappa shape index (κ2) is 7.56. The number of ether oxygens (including phenoxy) is 1. The number of amides is 1. The van der Waals surface area contributed by atoms with Crippen LogP contribution in [0.2, 0.25) is 0 Å². The van der Waals surface area contributed by atoms with E-state index in [2.05, 4.69) is 26.0 Å². The van der Waals surface area contributed by atoms with Crippen molar-refractivity contribution < 1.29 is 14.3 Å². The van der Waals surface area contributed by atoms with Gasteiger partial charge in [-0.25, -0.2) is 4.79 Å². The molecule has 0 aliphatic heterocycles. The molecule has 0 spiro atoms. The van der Waals surface area contributed by atoms with Crippen molar-refractivity contribution in [1.29, 1.82) is 0 Å². The van der Waals surface area contributed by atoms with E-state index in [0.29, 0.717) is 9.75 Å². The molecular formula is C16H16BrNO3S. The molecule has 1 aromatic heterocycles. The van der Waals surface area contributed by atoms with Crippen LogP contribution in [0.4, 0.5) is 0 Å². The van der Waals surface area contributed by atoms with Crippen molar-refractivity contribution in [2.75, 3.05) is 7.11 Å². The monoisotopic (exact) mass is 381 g/mol. The van der Waals surface area contributed by atoms with E-state index in [-0.39, 0.29) is 11.9 Å². The molecule has 2 rings (SSSR count). The number of hydrogen-bond acceptors (Lipinski definition) is 4. The minimum absolute atomic E-state index is 0.0655. The van der Waals surface area contributed by atoms with Crippen molar-refractivity contribution >= 4 is 39.1 Å². The number of thiophene rings is 1. The van der Waals surface area contributed by atoms with Gasteiger partial charge in [-0.05, 0) is 36.2 Å². The zero-order valence-electron chi connectivity index (χ0n) is 12.3. The van der Waals surface area contributed by atoms with Crippen molar-refractivity contribution in [2.45, 2.75) is 19.4 Å². The molecular weight excluding hydrogens is 366 g/mol. The molecule has 0 aliphatic rings. The van der Waals surface area contributed by atoms with E-state index in [4.69, 9.17) is 0 Å². The first kappa shape index (κ1) is 16.7. The van der Waals surface area contributed by atoms with E-state index in [1.54, 1.807) is 12.1 Å². The van der Waals surface area contributed by atoms with Crippen molar-refractivity contribution in [2.24, 2.45) is 0 Å². The fraction of sp³-hybridized carbons (Fsp3) is 0.250. The van der Waals surface area contributed by atoms with Crippen LogP contribution in [0.3, 0.4) is 0 Å². The number of esters is 1. The summed E-state index contributed by atoms with van der Waals surface area (Å²) in [7, 11) is 1.32. The molecule has 0 radical (unpaired) electrons. The average Bonchev–Trinajstić information content (AvgIpc) is 3.02. The van der Waals surface area contributed by atoms with Gasteiger partial charge in [-0.1, -0.05) is 35.0 Å². The summed E-state index contributed by atoms with van der Waals surface area (Å²) in [4.78, 5) is 24.7. The molecule has 4 nitrogen and oxygen atoms in total. The zero-order chi connectivity index (χ0) is 16.1. The molecule has 1 aromatic carbocycles. The van der Waals surface area contributed by atoms with Crippen molar-refractivity contribution in [3.05, 3.63) is 56.2 Å². The van der Waals surface area contributed by atoms with Crippen LogP contribution in [0.1, 0.15) is 44.3 Å². The van der Waals surface area contributed by atoms with Crippen LogP contribution in [0.15, 0.2) is 40.9 Å². The van der Waals surface area contributed by atoms with Crippen LogP contribution < -0.4 is 5.32 Å². The third-order valence-corrected chi connectivity index (χ3v) is 4.80. The Hall–Kier alpha value is -1.66. The summed E-state index contributed by atoms with van der Waals surface area (Å²) < 4.78 is 5.65. The standard InChI is InChI=1S/C16H16BrNO3S/c1-3-12(10-4-6-11(17)7-5-10)18-15(19)13-8-9-14(22-13)16(20)21-2/h4-9,12H,3H2,1-2H3,(H,18,19). The highest BCUT2D eigenvalue weighted by molar-refractivity contribution is 9.10. The Kier molecular flexibility index (Phi) is 5.74. The molecule has 6 heteroatoms. The van der Waals surface area contributed by atoms with Gasteiger partial charge in [0.2, 0.25) is 0 Å². The molecule has 0 fully saturated rings. The summed E-state index contributed by atoms with van der Waals surface area (Å²) in [6.45, 7) is 2.02. The minimum Gasteiger partial charge on any atom is -0.465 e. The second-order valence-electron chi connectivity index (χ2n) is 4.64. The Morgan fingerprint density at radius 3 is 2.41 bits per heavy atom. The quantitative estimate of drug-likeness (QED) is 0.790. The van der Waals surface area contributed by atoms with Gasteiger partial charge in [0.25, 0.3) is 5.91 Å². The molecule has 1 amide bonds. The number of halogens is 1. The van der Waals surface area contributed by atoms with Crippen molar-refractivity contribution in [3.8, 4) is 0 Å². The number of carbonyl (C=O) groups is 2. The molecule has 1 unspecified atom stereocenters. The normalized spacial score (nSPS) is 11.8. The Balaban J connectivity index is 2.10. The summed E-state index contributed by atoms with van der Waals surface area (Å²) in [6.07, 6.45) is 0.780. The van der Waals surface area contributed by atoms with Gasteiger partial charge >= 0.3 is 5.97 Å². The third kappa shape index (κ3) is 3.96. The molecule has 1 heterocycles. The van der Waals surface area contributed by atoms with Gasteiger partial charge < -0.3 is 10.1 Å². The largest absolute Gasteiger partial charge is 0.465 e. The summed E-state index contributed by atoms with van der Waals surface area (Å²) in [5.41, 5.74) is 1.05. The Morgan fingerprint density at radius 2 is 1.82 bits per heavy atom. The van der Waals surface area contributed by atoms with E-state index in [9.17, 15) is 9.59 Å². The zero-order valence-corrected chi connectivity index (χ0v) is 14.7. The maximum Gasteiger partial charge on any atom is 0.348 e. The highest BCUT2D eigenvalue weighted by Gasteiger charge is 2.17. The first-order valence-electron chi connectivity index (χ1n) is 6.79. The average molecular weight is 382 g/mol. The number of methoxy groups -OCH3 is 1. The summed E-state index contributed by atoms with van der Waals surface area (Å²) in [6, 6.07) is 11.0. The molecule has 2 aromatic rings. The Bertz CT molecular complexity index is 666. The van der Waals surface area contributed by atoms with Crippen LogP contribution in [0.25, 0.3) is 0 Å². The molecule has 116 valence electrons. The van der Waals surface area contributed by atoms with Gasteiger partial charge in [0.1, 0.15) is 4.88 Å². The molecule has 22 heavy (non-hydrogen) atoms. The lowest BCUT2D eigenvalue weighted by Gasteiger charge is -2.17. The van der Waals surface area contributed by atoms with Gasteiger partial charge in [0.15, 0.2) is 0 Å². The number of hydrogen-bond donors (Lipinski definition) is 1. The SMILES string of the molecule is CCC(NC(=O)c1ccc(C(=O)OC)s1)c1ccc(Br)cc1. The summed E-state index contributed by atoms with van der Waals surface area (Å²) in [5, 5.41) is 2.99. The van der Waals surface area contributed by atoms with Gasteiger partial charge in [-0.3, -0.25) is 4.79 Å². The fourth-order valence-corrected chi connectivity index (χ4v) is 3.11. The van der Waals surface area contributed by atoms with Crippen LogP contribution >= 0.6 is 27.3 Å². The van der Waals surface area contributed by atoms with E-state index in [1.165, 1.54) is 7.11 Å². The first-order chi connectivity index (χ1) is 10.5. The highest BCUT2D eigenvalue weighted by atomic mass is 79.9.